The predicted molar refractivity (Wildman–Crippen MR) is 92.2 cm³/mol. The van der Waals surface area contributed by atoms with Crippen molar-refractivity contribution in [2.75, 3.05) is 0 Å². The molecule has 0 saturated heterocycles. The number of carbonyl (C=O) groups is 2. The fraction of sp³-hybridized carbons (Fsp3) is 0.100. The second-order valence-electron chi connectivity index (χ2n) is 5.89. The Balaban J connectivity index is 1.95. The summed E-state index contributed by atoms with van der Waals surface area (Å²) in [4.78, 5) is 24.0. The second-order valence-corrected chi connectivity index (χ2v) is 5.89. The molecule has 0 bridgehead atoms. The van der Waals surface area contributed by atoms with E-state index in [1.807, 2.05) is 0 Å². The highest BCUT2D eigenvalue weighted by Crippen LogP contribution is 2.34. The van der Waals surface area contributed by atoms with Gasteiger partial charge in [-0.15, -0.1) is 0 Å². The van der Waals surface area contributed by atoms with Gasteiger partial charge < -0.3 is 10.1 Å². The molecule has 4 nitrogen and oxygen atoms in total. The number of ketones is 1. The lowest BCUT2D eigenvalue weighted by molar-refractivity contribution is -0.137. The maximum atomic E-state index is 13.1. The first-order valence-corrected chi connectivity index (χ1v) is 8.09. The molecule has 2 aromatic carbocycles. The Hall–Kier alpha value is -3.42. The third kappa shape index (κ3) is 4.64. The van der Waals surface area contributed by atoms with Gasteiger partial charge in [0.05, 0.1) is 11.1 Å². The molecular weight excluding hydrogens is 378 g/mol. The molecule has 0 unspecified atom stereocenters. The molecule has 1 amide bonds. The Morgan fingerprint density at radius 1 is 1.07 bits per heavy atom. The Bertz CT molecular complexity index is 976. The summed E-state index contributed by atoms with van der Waals surface area (Å²) in [6, 6.07) is 7.23. The van der Waals surface area contributed by atoms with Crippen LogP contribution >= 0.6 is 0 Å². The summed E-state index contributed by atoms with van der Waals surface area (Å²) in [5.41, 5.74) is -1.26. The van der Waals surface area contributed by atoms with Gasteiger partial charge >= 0.3 is 6.18 Å². The number of allylic oxidation sites excluding steroid dienone is 3. The van der Waals surface area contributed by atoms with Crippen molar-refractivity contribution in [2.24, 2.45) is 0 Å². The molecule has 0 aromatic heterocycles. The Morgan fingerprint density at radius 2 is 1.79 bits per heavy atom. The zero-order chi connectivity index (χ0) is 20.3. The third-order valence-corrected chi connectivity index (χ3v) is 3.78. The first kappa shape index (κ1) is 19.3. The van der Waals surface area contributed by atoms with E-state index in [1.165, 1.54) is 30.4 Å². The number of rotatable bonds is 4. The van der Waals surface area contributed by atoms with E-state index in [9.17, 15) is 27.2 Å². The van der Waals surface area contributed by atoms with Crippen LogP contribution < -0.4 is 10.1 Å². The standard InChI is InChI=1S/C20H13F4NO3/c21-13-5-7-16(8-6-13)28-18-9-4-12(20(22,23)24)10-17(18)19(27)25-14-2-1-3-15(26)11-14/h1-2,4-11H,3H2,(H,25,27). The number of hydrogen-bond donors (Lipinski definition) is 1. The van der Waals surface area contributed by atoms with Crippen LogP contribution in [0, 0.1) is 5.82 Å². The maximum Gasteiger partial charge on any atom is 0.416 e. The van der Waals surface area contributed by atoms with Gasteiger partial charge in [-0.3, -0.25) is 9.59 Å². The predicted octanol–water partition coefficient (Wildman–Crippen LogP) is 4.78. The lowest BCUT2D eigenvalue weighted by Crippen LogP contribution is -2.24. The van der Waals surface area contributed by atoms with E-state index in [4.69, 9.17) is 4.74 Å². The van der Waals surface area contributed by atoms with Gasteiger partial charge in [0.15, 0.2) is 5.78 Å². The number of nitrogens with one attached hydrogen (secondary N) is 1. The summed E-state index contributed by atoms with van der Waals surface area (Å²) >= 11 is 0. The molecule has 0 radical (unpaired) electrons. The zero-order valence-electron chi connectivity index (χ0n) is 14.2. The van der Waals surface area contributed by atoms with Crippen LogP contribution in [-0.4, -0.2) is 11.7 Å². The van der Waals surface area contributed by atoms with Gasteiger partial charge in [-0.1, -0.05) is 6.08 Å². The molecule has 0 aliphatic heterocycles. The van der Waals surface area contributed by atoms with Crippen LogP contribution in [0.4, 0.5) is 17.6 Å². The largest absolute Gasteiger partial charge is 0.457 e. The molecule has 144 valence electrons. The Kier molecular flexibility index (Phi) is 5.30. The fourth-order valence-corrected chi connectivity index (χ4v) is 2.46. The van der Waals surface area contributed by atoms with Gasteiger partial charge in [0.1, 0.15) is 17.3 Å². The van der Waals surface area contributed by atoms with E-state index >= 15 is 0 Å². The van der Waals surface area contributed by atoms with Gasteiger partial charge in [0.2, 0.25) is 0 Å². The van der Waals surface area contributed by atoms with E-state index in [2.05, 4.69) is 5.32 Å². The smallest absolute Gasteiger partial charge is 0.416 e. The molecule has 0 atom stereocenters. The minimum Gasteiger partial charge on any atom is -0.457 e. The van der Waals surface area contributed by atoms with Crippen molar-refractivity contribution in [1.29, 1.82) is 0 Å². The van der Waals surface area contributed by atoms with Gasteiger partial charge in [0.25, 0.3) is 5.91 Å². The lowest BCUT2D eigenvalue weighted by Gasteiger charge is -2.15. The monoisotopic (exact) mass is 391 g/mol. The fourth-order valence-electron chi connectivity index (χ4n) is 2.46. The number of benzene rings is 2. The van der Waals surface area contributed by atoms with Crippen molar-refractivity contribution in [2.45, 2.75) is 12.6 Å². The van der Waals surface area contributed by atoms with Gasteiger partial charge in [-0.25, -0.2) is 4.39 Å². The van der Waals surface area contributed by atoms with Crippen LogP contribution in [0.15, 0.2) is 66.4 Å². The molecule has 0 heterocycles. The van der Waals surface area contributed by atoms with Crippen LogP contribution in [0.2, 0.25) is 0 Å². The Morgan fingerprint density at radius 3 is 2.43 bits per heavy atom. The molecule has 3 rings (SSSR count). The van der Waals surface area contributed by atoms with Crippen molar-refractivity contribution < 1.29 is 31.9 Å². The number of amides is 1. The van der Waals surface area contributed by atoms with Crippen LogP contribution in [0.3, 0.4) is 0 Å². The molecule has 1 N–H and O–H groups in total. The zero-order valence-corrected chi connectivity index (χ0v) is 14.2. The number of carbonyl (C=O) groups excluding carboxylic acids is 2. The van der Waals surface area contributed by atoms with Gasteiger partial charge in [-0.2, -0.15) is 13.2 Å². The molecule has 0 spiro atoms. The molecule has 28 heavy (non-hydrogen) atoms. The molecule has 0 saturated carbocycles. The summed E-state index contributed by atoms with van der Waals surface area (Å²) in [6.45, 7) is 0. The van der Waals surface area contributed by atoms with E-state index in [0.717, 1.165) is 24.3 Å². The lowest BCUT2D eigenvalue weighted by atomic mass is 10.1. The molecule has 2 aromatic rings. The topological polar surface area (TPSA) is 55.4 Å². The molecule has 1 aliphatic carbocycles. The summed E-state index contributed by atoms with van der Waals surface area (Å²) in [5.74, 6) is -1.65. The summed E-state index contributed by atoms with van der Waals surface area (Å²) < 4.78 is 57.7. The van der Waals surface area contributed by atoms with Crippen LogP contribution in [-0.2, 0) is 11.0 Å². The minimum absolute atomic E-state index is 0.141. The highest BCUT2D eigenvalue weighted by Gasteiger charge is 2.32. The normalized spacial score (nSPS) is 13.9. The second kappa shape index (κ2) is 7.67. The van der Waals surface area contributed by atoms with E-state index in [-0.39, 0.29) is 35.0 Å². The van der Waals surface area contributed by atoms with Crippen molar-refractivity contribution in [3.8, 4) is 11.5 Å². The number of ether oxygens (including phenoxy) is 1. The van der Waals surface area contributed by atoms with Gasteiger partial charge in [0, 0.05) is 18.2 Å². The quantitative estimate of drug-likeness (QED) is 0.764. The molecule has 0 fully saturated rings. The van der Waals surface area contributed by atoms with Gasteiger partial charge in [-0.05, 0) is 48.5 Å². The van der Waals surface area contributed by atoms with E-state index < -0.39 is 23.5 Å². The average Bonchev–Trinajstić information content (AvgIpc) is 2.63. The number of hydrogen-bond acceptors (Lipinski definition) is 3. The number of halogens is 4. The van der Waals surface area contributed by atoms with Crippen molar-refractivity contribution in [1.82, 2.24) is 5.32 Å². The summed E-state index contributed by atoms with van der Waals surface area (Å²) in [7, 11) is 0. The molecular formula is C20H13F4NO3. The number of alkyl halides is 3. The van der Waals surface area contributed by atoms with Crippen molar-refractivity contribution in [3.05, 3.63) is 83.3 Å². The van der Waals surface area contributed by atoms with Crippen molar-refractivity contribution in [3.63, 3.8) is 0 Å². The SMILES string of the molecule is O=C1C=C(NC(=O)c2cc(C(F)(F)F)ccc2Oc2ccc(F)cc2)C=CC1. The highest BCUT2D eigenvalue weighted by atomic mass is 19.4. The first-order chi connectivity index (χ1) is 13.2. The summed E-state index contributed by atoms with van der Waals surface area (Å²) in [6.07, 6.45) is -0.287. The highest BCUT2D eigenvalue weighted by molar-refractivity contribution is 6.00. The summed E-state index contributed by atoms with van der Waals surface area (Å²) in [5, 5.41) is 2.39. The minimum atomic E-state index is -4.66. The van der Waals surface area contributed by atoms with Crippen LogP contribution in [0.1, 0.15) is 22.3 Å². The average molecular weight is 391 g/mol. The van der Waals surface area contributed by atoms with E-state index in [0.29, 0.717) is 6.07 Å². The molecule has 1 aliphatic rings. The third-order valence-electron chi connectivity index (χ3n) is 3.78. The molecule has 8 heteroatoms. The maximum absolute atomic E-state index is 13.1. The Labute approximate surface area is 157 Å². The van der Waals surface area contributed by atoms with Crippen LogP contribution in [0.25, 0.3) is 0 Å². The van der Waals surface area contributed by atoms with Crippen molar-refractivity contribution >= 4 is 11.7 Å². The first-order valence-electron chi connectivity index (χ1n) is 8.09. The van der Waals surface area contributed by atoms with Crippen LogP contribution in [0.5, 0.6) is 11.5 Å². The van der Waals surface area contributed by atoms with E-state index in [1.54, 1.807) is 0 Å².